The van der Waals surface area contributed by atoms with Crippen LogP contribution in [0.2, 0.25) is 0 Å². The molecule has 0 N–H and O–H groups in total. The van der Waals surface area contributed by atoms with Gasteiger partial charge in [0, 0.05) is 70.8 Å². The fourth-order valence-corrected chi connectivity index (χ4v) is 8.78. The van der Waals surface area contributed by atoms with Crippen molar-refractivity contribution >= 4 is 0 Å². The third kappa shape index (κ3) is 8.68. The second-order valence-electron chi connectivity index (χ2n) is 17.0. The highest BCUT2D eigenvalue weighted by Crippen LogP contribution is 2.28. The van der Waals surface area contributed by atoms with Crippen LogP contribution in [0.25, 0.3) is 66.8 Å². The zero-order valence-corrected chi connectivity index (χ0v) is 35.7. The van der Waals surface area contributed by atoms with Crippen LogP contribution in [0.4, 0.5) is 0 Å². The molecule has 28 aliphatic rings. The van der Waals surface area contributed by atoms with Crippen LogP contribution < -0.4 is 18.3 Å². The minimum atomic E-state index is 0.820. The quantitative estimate of drug-likeness (QED) is 0.135. The average Bonchev–Trinajstić information content (AvgIpc) is 3.36. The van der Waals surface area contributed by atoms with E-state index in [4.69, 9.17) is 0 Å². The van der Waals surface area contributed by atoms with Gasteiger partial charge in [-0.1, -0.05) is 146 Å². The van der Waals surface area contributed by atoms with E-state index >= 15 is 0 Å². The van der Waals surface area contributed by atoms with Crippen molar-refractivity contribution in [1.29, 1.82) is 0 Å². The maximum atomic E-state index is 2.24. The second-order valence-corrected chi connectivity index (χ2v) is 17.0. The Kier molecular flexibility index (Phi) is 10.5. The van der Waals surface area contributed by atoms with E-state index in [1.807, 2.05) is 0 Å². The number of nitrogens with zero attached hydrogens (tertiary/aromatic N) is 4. The van der Waals surface area contributed by atoms with Gasteiger partial charge in [0.1, 0.15) is 0 Å². The molecule has 4 aromatic heterocycles. The average molecular weight is 825 g/mol. The van der Waals surface area contributed by atoms with Crippen molar-refractivity contribution in [3.05, 3.63) is 266 Å². The molecule has 0 saturated carbocycles. The molecule has 0 saturated heterocycles. The van der Waals surface area contributed by atoms with Crippen molar-refractivity contribution in [2.24, 2.45) is 0 Å². The standard InChI is InChI=1S/C60H48N4/c1-9-49-10-2-45(1)41-61-33-25-57(26-34-61)58-27-35-62(36-28-58)43-47-5-13-51(14-6-47)55-21-23-56(24-22-55)52-15-7-48(8-16-52)44-64-39-31-60(32-40-64)59-29-37-63(38-30-59)42-46-3-11-50(12-4-46)54-19-17-53(49)18-20-54/h1-40H,41-44H2/q+4. The molecule has 0 atom stereocenters. The second kappa shape index (κ2) is 17.4. The molecule has 20 bridgehead atoms. The molecule has 4 heteroatoms. The lowest BCUT2D eigenvalue weighted by Gasteiger charge is -2.07. The van der Waals surface area contributed by atoms with Crippen LogP contribution in [-0.2, 0) is 26.2 Å². The summed E-state index contributed by atoms with van der Waals surface area (Å²) in [6.45, 7) is 3.28. The molecule has 0 radical (unpaired) electrons. The van der Waals surface area contributed by atoms with Gasteiger partial charge in [0.05, 0.1) is 0 Å². The number of pyridine rings is 4. The summed E-state index contributed by atoms with van der Waals surface area (Å²) in [5.74, 6) is 0. The molecule has 304 valence electrons. The molecular weight excluding hydrogens is 777 g/mol. The molecule has 10 aromatic rings. The summed E-state index contributed by atoms with van der Waals surface area (Å²) in [5.41, 5.74) is 19.7. The molecule has 0 amide bonds. The molecular formula is C60H48N4+4. The molecule has 0 unspecified atom stereocenters. The number of aromatic nitrogens is 4. The Morgan fingerprint density at radius 3 is 0.438 bits per heavy atom. The maximum absolute atomic E-state index is 2.24. The Morgan fingerprint density at radius 1 is 0.156 bits per heavy atom. The minimum Gasteiger partial charge on any atom is -0.201 e. The largest absolute Gasteiger partial charge is 0.201 e. The van der Waals surface area contributed by atoms with Crippen LogP contribution >= 0.6 is 0 Å². The summed E-state index contributed by atoms with van der Waals surface area (Å²) >= 11 is 0. The highest BCUT2D eigenvalue weighted by Gasteiger charge is 2.12. The molecule has 6 aromatic carbocycles. The van der Waals surface area contributed by atoms with Gasteiger partial charge in [0.15, 0.2) is 75.8 Å². The van der Waals surface area contributed by atoms with Gasteiger partial charge in [-0.05, 0) is 66.8 Å². The zero-order chi connectivity index (χ0) is 42.7. The first-order valence-electron chi connectivity index (χ1n) is 22.1. The minimum absolute atomic E-state index is 0.820. The van der Waals surface area contributed by atoms with E-state index in [0.717, 1.165) is 26.2 Å². The smallest absolute Gasteiger partial charge is 0.173 e. The van der Waals surface area contributed by atoms with Crippen LogP contribution in [0.5, 0.6) is 0 Å². The number of rotatable bonds is 0. The number of hydrogen-bond acceptors (Lipinski definition) is 0. The van der Waals surface area contributed by atoms with Gasteiger partial charge in [-0.25, -0.2) is 18.3 Å². The van der Waals surface area contributed by atoms with Gasteiger partial charge < -0.3 is 0 Å². The van der Waals surface area contributed by atoms with Gasteiger partial charge in [-0.15, -0.1) is 0 Å². The highest BCUT2D eigenvalue weighted by atomic mass is 14.9. The van der Waals surface area contributed by atoms with E-state index in [1.54, 1.807) is 0 Å². The van der Waals surface area contributed by atoms with Crippen molar-refractivity contribution in [2.45, 2.75) is 26.2 Å². The summed E-state index contributed by atoms with van der Waals surface area (Å²) < 4.78 is 8.96. The van der Waals surface area contributed by atoms with E-state index in [0.29, 0.717) is 0 Å². The van der Waals surface area contributed by atoms with Crippen LogP contribution in [-0.4, -0.2) is 0 Å². The van der Waals surface area contributed by atoms with E-state index in [2.05, 4.69) is 262 Å². The van der Waals surface area contributed by atoms with Gasteiger partial charge in [-0.3, -0.25) is 0 Å². The molecule has 38 rings (SSSR count). The topological polar surface area (TPSA) is 15.5 Å². The van der Waals surface area contributed by atoms with Crippen molar-refractivity contribution in [3.63, 3.8) is 0 Å². The Bertz CT molecular complexity index is 2700. The van der Waals surface area contributed by atoms with Gasteiger partial charge in [-0.2, -0.15) is 0 Å². The lowest BCUT2D eigenvalue weighted by atomic mass is 9.99. The summed E-state index contributed by atoms with van der Waals surface area (Å²) in [7, 11) is 0. The molecule has 4 nitrogen and oxygen atoms in total. The van der Waals surface area contributed by atoms with Gasteiger partial charge >= 0.3 is 0 Å². The molecule has 32 heterocycles. The maximum Gasteiger partial charge on any atom is 0.173 e. The molecule has 64 heavy (non-hydrogen) atoms. The fraction of sp³-hybridized carbons (Fsp3) is 0.0667. The Balaban J connectivity index is 0.837. The van der Waals surface area contributed by atoms with Crippen LogP contribution in [0.1, 0.15) is 22.3 Å². The number of benzene rings is 6. The summed E-state index contributed by atoms with van der Waals surface area (Å²) in [6, 6.07) is 71.3. The van der Waals surface area contributed by atoms with Crippen LogP contribution in [0.15, 0.2) is 244 Å². The number of hydrogen-bond donors (Lipinski definition) is 0. The molecule has 0 fully saturated rings. The predicted molar refractivity (Wildman–Crippen MR) is 256 cm³/mol. The van der Waals surface area contributed by atoms with E-state index < -0.39 is 0 Å². The van der Waals surface area contributed by atoms with Crippen molar-refractivity contribution in [1.82, 2.24) is 0 Å². The van der Waals surface area contributed by atoms with Gasteiger partial charge in [0.2, 0.25) is 0 Å². The Labute approximate surface area is 375 Å². The zero-order valence-electron chi connectivity index (χ0n) is 35.7. The van der Waals surface area contributed by atoms with E-state index in [1.165, 1.54) is 89.0 Å². The van der Waals surface area contributed by atoms with Crippen LogP contribution in [0, 0.1) is 0 Å². The lowest BCUT2D eigenvalue weighted by Crippen LogP contribution is -2.33. The fourth-order valence-electron chi connectivity index (χ4n) is 8.78. The predicted octanol–water partition coefficient (Wildman–Crippen LogP) is 11.3. The Morgan fingerprint density at radius 2 is 0.281 bits per heavy atom. The summed E-state index contributed by atoms with van der Waals surface area (Å²) in [6.07, 6.45) is 17.4. The first-order valence-corrected chi connectivity index (χ1v) is 22.1. The summed E-state index contributed by atoms with van der Waals surface area (Å²) in [4.78, 5) is 0. The van der Waals surface area contributed by atoms with Crippen molar-refractivity contribution in [3.8, 4) is 66.8 Å². The van der Waals surface area contributed by atoms with Crippen molar-refractivity contribution < 1.29 is 18.3 Å². The summed E-state index contributed by atoms with van der Waals surface area (Å²) in [5, 5.41) is 0. The first-order chi connectivity index (χ1) is 31.6. The van der Waals surface area contributed by atoms with Gasteiger partial charge in [0.25, 0.3) is 0 Å². The Hall–Kier alpha value is -8.08. The molecule has 28 aliphatic heterocycles. The monoisotopic (exact) mass is 824 g/mol. The molecule has 0 aliphatic carbocycles. The van der Waals surface area contributed by atoms with Crippen molar-refractivity contribution in [2.75, 3.05) is 0 Å². The van der Waals surface area contributed by atoms with Crippen LogP contribution in [0.3, 0.4) is 0 Å². The van der Waals surface area contributed by atoms with E-state index in [9.17, 15) is 0 Å². The SMILES string of the molecule is c1cc2ccc1C[n+]1ccc(cc1)-c1cc[n+](cc1)Cc1ccc(cc1)-c1ccc(cc1)-c1ccc(cc1)C[n+]1ccc(cc1)-c1cc[n+](cc1)Cc1ccc(cc1)-c1ccc-2cc1. The lowest BCUT2D eigenvalue weighted by molar-refractivity contribution is -0.688. The third-order valence-electron chi connectivity index (χ3n) is 12.6. The molecule has 0 spiro atoms. The third-order valence-corrected chi connectivity index (χ3v) is 12.6. The van der Waals surface area contributed by atoms with E-state index in [-0.39, 0.29) is 0 Å². The normalized spacial score (nSPS) is 12.1. The highest BCUT2D eigenvalue weighted by molar-refractivity contribution is 5.72. The first kappa shape index (κ1) is 38.8.